The Morgan fingerprint density at radius 2 is 0.865 bits per heavy atom. The van der Waals surface area contributed by atoms with E-state index in [1.54, 1.807) is 0 Å². The number of furan rings is 1. The van der Waals surface area contributed by atoms with E-state index in [0.717, 1.165) is 78.1 Å². The number of para-hydroxylation sites is 4. The lowest BCUT2D eigenvalue weighted by Gasteiger charge is -2.22. The summed E-state index contributed by atoms with van der Waals surface area (Å²) in [4.78, 5) is 15.1. The van der Waals surface area contributed by atoms with Gasteiger partial charge in [-0.1, -0.05) is 163 Å². The van der Waals surface area contributed by atoms with Gasteiger partial charge >= 0.3 is 0 Å². The first-order valence-electron chi connectivity index (χ1n) is 18.0. The van der Waals surface area contributed by atoms with Crippen molar-refractivity contribution in [3.63, 3.8) is 0 Å². The Morgan fingerprint density at radius 3 is 1.37 bits per heavy atom. The highest BCUT2D eigenvalue weighted by atomic mass is 16.3. The van der Waals surface area contributed by atoms with Crippen LogP contribution in [0, 0.1) is 0 Å². The molecule has 254 valence electrons. The van der Waals surface area contributed by atoms with E-state index in [2.05, 4.69) is 180 Å². The molecule has 0 amide bonds. The molecule has 9 aromatic rings. The summed E-state index contributed by atoms with van der Waals surface area (Å²) in [5.41, 5.74) is 9.85. The molecule has 5 nitrogen and oxygen atoms in total. The highest BCUT2D eigenvalue weighted by molar-refractivity contribution is 6.19. The van der Waals surface area contributed by atoms with E-state index < -0.39 is 0 Å². The molecule has 0 aliphatic heterocycles. The molecule has 0 fully saturated rings. The van der Waals surface area contributed by atoms with E-state index in [1.807, 2.05) is 0 Å². The number of aromatic nitrogens is 4. The molecule has 0 bridgehead atoms. The summed E-state index contributed by atoms with van der Waals surface area (Å²) in [6.45, 7) is 12.9. The van der Waals surface area contributed by atoms with E-state index in [9.17, 15) is 0 Å². The van der Waals surface area contributed by atoms with E-state index >= 15 is 0 Å². The van der Waals surface area contributed by atoms with Gasteiger partial charge in [0.05, 0.1) is 22.3 Å². The second-order valence-corrected chi connectivity index (χ2v) is 15.7. The summed E-state index contributed by atoms with van der Waals surface area (Å²) >= 11 is 0. The van der Waals surface area contributed by atoms with Crippen LogP contribution < -0.4 is 0 Å². The summed E-state index contributed by atoms with van der Waals surface area (Å²) in [6, 6.07) is 47.4. The standard InChI is InChI=1S/C47H40N4O/c1-46(2,3)44-48-43(49-45(50-44)47(4,5)6)37-27-15-25-35-36-26-16-28-38(42(36)52-41(35)37)51-39-31(29-17-9-7-10-18-29)21-13-23-33(39)34-24-14-22-32(40(34)51)30-19-11-8-12-20-30/h7-28H,1-6H3. The Balaban J connectivity index is 1.40. The van der Waals surface area contributed by atoms with Gasteiger partial charge in [0.2, 0.25) is 0 Å². The molecule has 0 radical (unpaired) electrons. The highest BCUT2D eigenvalue weighted by Crippen LogP contribution is 2.45. The Labute approximate surface area is 303 Å². The number of benzene rings is 6. The first kappa shape index (κ1) is 31.9. The average Bonchev–Trinajstić information content (AvgIpc) is 3.71. The third kappa shape index (κ3) is 5.11. The molecule has 0 saturated carbocycles. The molecule has 0 aliphatic rings. The molecule has 0 spiro atoms. The summed E-state index contributed by atoms with van der Waals surface area (Å²) in [7, 11) is 0. The predicted molar refractivity (Wildman–Crippen MR) is 215 cm³/mol. The minimum atomic E-state index is -0.254. The number of nitrogens with zero attached hydrogens (tertiary/aromatic N) is 4. The molecule has 6 aromatic carbocycles. The maximum atomic E-state index is 7.11. The third-order valence-corrected chi connectivity index (χ3v) is 9.94. The Morgan fingerprint density at radius 1 is 0.423 bits per heavy atom. The van der Waals surface area contributed by atoms with E-state index in [1.165, 1.54) is 10.8 Å². The fourth-order valence-electron chi connectivity index (χ4n) is 7.38. The first-order valence-corrected chi connectivity index (χ1v) is 18.0. The first-order chi connectivity index (χ1) is 25.1. The molecule has 0 aliphatic carbocycles. The third-order valence-electron chi connectivity index (χ3n) is 9.94. The van der Waals surface area contributed by atoms with Crippen LogP contribution in [0.3, 0.4) is 0 Å². The Kier molecular flexibility index (Phi) is 7.20. The van der Waals surface area contributed by atoms with Crippen molar-refractivity contribution in [2.75, 3.05) is 0 Å². The van der Waals surface area contributed by atoms with Crippen molar-refractivity contribution in [3.8, 4) is 39.3 Å². The molecule has 9 rings (SSSR count). The van der Waals surface area contributed by atoms with Gasteiger partial charge in [0, 0.05) is 43.5 Å². The van der Waals surface area contributed by atoms with Gasteiger partial charge in [-0.2, -0.15) is 0 Å². The Hall–Kier alpha value is -6.07. The van der Waals surface area contributed by atoms with Gasteiger partial charge in [-0.25, -0.2) is 15.0 Å². The van der Waals surface area contributed by atoms with Crippen molar-refractivity contribution in [2.24, 2.45) is 0 Å². The fourth-order valence-corrected chi connectivity index (χ4v) is 7.38. The topological polar surface area (TPSA) is 56.7 Å². The van der Waals surface area contributed by atoms with Crippen LogP contribution in [0.2, 0.25) is 0 Å². The van der Waals surface area contributed by atoms with Crippen LogP contribution in [0.15, 0.2) is 138 Å². The minimum absolute atomic E-state index is 0.254. The van der Waals surface area contributed by atoms with Crippen molar-refractivity contribution >= 4 is 43.7 Å². The molecule has 5 heteroatoms. The van der Waals surface area contributed by atoms with Crippen LogP contribution in [0.5, 0.6) is 0 Å². The zero-order chi connectivity index (χ0) is 35.8. The smallest absolute Gasteiger partial charge is 0.167 e. The van der Waals surface area contributed by atoms with Crippen molar-refractivity contribution in [3.05, 3.63) is 145 Å². The maximum Gasteiger partial charge on any atom is 0.167 e. The lowest BCUT2D eigenvalue weighted by molar-refractivity contribution is 0.497. The molecule has 0 saturated heterocycles. The number of hydrogen-bond donors (Lipinski definition) is 0. The van der Waals surface area contributed by atoms with Crippen LogP contribution in [0.1, 0.15) is 53.2 Å². The minimum Gasteiger partial charge on any atom is -0.453 e. The van der Waals surface area contributed by atoms with Crippen LogP contribution in [-0.2, 0) is 10.8 Å². The SMILES string of the molecule is CC(C)(C)c1nc(-c2cccc3c2oc2c(-n4c5c(-c6ccccc6)cccc5c5cccc(-c6ccccc6)c54)cccc23)nc(C(C)(C)C)n1. The number of rotatable bonds is 4. The lowest BCUT2D eigenvalue weighted by Crippen LogP contribution is -2.24. The van der Waals surface area contributed by atoms with Gasteiger partial charge in [-0.15, -0.1) is 0 Å². The lowest BCUT2D eigenvalue weighted by atomic mass is 9.93. The molecule has 0 N–H and O–H groups in total. The zero-order valence-corrected chi connectivity index (χ0v) is 30.4. The summed E-state index contributed by atoms with van der Waals surface area (Å²) in [6.07, 6.45) is 0. The molecular formula is C47H40N4O. The molecule has 0 unspecified atom stereocenters. The van der Waals surface area contributed by atoms with Gasteiger partial charge in [-0.3, -0.25) is 0 Å². The van der Waals surface area contributed by atoms with Crippen molar-refractivity contribution in [2.45, 2.75) is 52.4 Å². The number of fused-ring (bicyclic) bond motifs is 6. The highest BCUT2D eigenvalue weighted by Gasteiger charge is 2.27. The summed E-state index contributed by atoms with van der Waals surface area (Å²) in [5.74, 6) is 2.16. The average molecular weight is 677 g/mol. The van der Waals surface area contributed by atoms with Gasteiger partial charge in [0.1, 0.15) is 17.2 Å². The maximum absolute atomic E-state index is 7.11. The van der Waals surface area contributed by atoms with Crippen molar-refractivity contribution in [1.82, 2.24) is 19.5 Å². The molecule has 3 heterocycles. The summed E-state index contributed by atoms with van der Waals surface area (Å²) < 4.78 is 9.54. The quantitative estimate of drug-likeness (QED) is 0.186. The molecule has 3 aromatic heterocycles. The zero-order valence-electron chi connectivity index (χ0n) is 30.4. The largest absolute Gasteiger partial charge is 0.453 e. The second kappa shape index (κ2) is 11.7. The van der Waals surface area contributed by atoms with Gasteiger partial charge in [0.25, 0.3) is 0 Å². The van der Waals surface area contributed by atoms with Crippen LogP contribution >= 0.6 is 0 Å². The molecule has 52 heavy (non-hydrogen) atoms. The van der Waals surface area contributed by atoms with Crippen LogP contribution in [-0.4, -0.2) is 19.5 Å². The fraction of sp³-hybridized carbons (Fsp3) is 0.170. The predicted octanol–water partition coefficient (Wildman–Crippen LogP) is 12.5. The van der Waals surface area contributed by atoms with E-state index in [4.69, 9.17) is 19.4 Å². The van der Waals surface area contributed by atoms with E-state index in [0.29, 0.717) is 5.82 Å². The van der Waals surface area contributed by atoms with Gasteiger partial charge in [-0.05, 0) is 23.3 Å². The monoisotopic (exact) mass is 676 g/mol. The van der Waals surface area contributed by atoms with Gasteiger partial charge < -0.3 is 8.98 Å². The van der Waals surface area contributed by atoms with E-state index in [-0.39, 0.29) is 10.8 Å². The Bertz CT molecular complexity index is 2670. The second-order valence-electron chi connectivity index (χ2n) is 15.7. The van der Waals surface area contributed by atoms with Crippen molar-refractivity contribution < 1.29 is 4.42 Å². The molecular weight excluding hydrogens is 637 g/mol. The summed E-state index contributed by atoms with van der Waals surface area (Å²) in [5, 5.41) is 4.45. The normalized spacial score (nSPS) is 12.4. The van der Waals surface area contributed by atoms with Crippen LogP contribution in [0.4, 0.5) is 0 Å². The van der Waals surface area contributed by atoms with Gasteiger partial charge in [0.15, 0.2) is 11.4 Å². The van der Waals surface area contributed by atoms with Crippen LogP contribution in [0.25, 0.3) is 83.1 Å². The number of hydrogen-bond acceptors (Lipinski definition) is 4. The van der Waals surface area contributed by atoms with Crippen molar-refractivity contribution in [1.29, 1.82) is 0 Å². The molecule has 0 atom stereocenters.